The van der Waals surface area contributed by atoms with Crippen LogP contribution >= 0.6 is 0 Å². The minimum absolute atomic E-state index is 0.161. The maximum absolute atomic E-state index is 12.9. The van der Waals surface area contributed by atoms with Crippen LogP contribution in [0.5, 0.6) is 17.2 Å². The number of aromatic nitrogens is 2. The Morgan fingerprint density at radius 3 is 1.90 bits per heavy atom. The lowest BCUT2D eigenvalue weighted by atomic mass is 10.1. The largest absolute Gasteiger partial charge is 0.493 e. The molecule has 10 nitrogen and oxygen atoms in total. The number of carbonyl (C=O) groups excluding carboxylic acids is 2. The molecule has 0 saturated carbocycles. The van der Waals surface area contributed by atoms with E-state index in [-0.39, 0.29) is 23.1 Å². The van der Waals surface area contributed by atoms with Gasteiger partial charge in [-0.05, 0) is 18.2 Å². The average Bonchev–Trinajstić information content (AvgIpc) is 2.77. The van der Waals surface area contributed by atoms with Crippen LogP contribution in [0, 0.1) is 0 Å². The van der Waals surface area contributed by atoms with Gasteiger partial charge >= 0.3 is 0 Å². The summed E-state index contributed by atoms with van der Waals surface area (Å²) in [5.74, 6) is 0.719. The van der Waals surface area contributed by atoms with Crippen molar-refractivity contribution >= 4 is 11.8 Å². The lowest BCUT2D eigenvalue weighted by Crippen LogP contribution is -2.50. The van der Waals surface area contributed by atoms with E-state index in [4.69, 9.17) is 14.2 Å². The fourth-order valence-corrected chi connectivity index (χ4v) is 3.13. The van der Waals surface area contributed by atoms with Crippen LogP contribution in [0.25, 0.3) is 0 Å². The number of nitrogens with one attached hydrogen (secondary N) is 1. The van der Waals surface area contributed by atoms with Crippen LogP contribution in [0.15, 0.2) is 29.1 Å². The smallest absolute Gasteiger partial charge is 0.274 e. The van der Waals surface area contributed by atoms with Gasteiger partial charge in [0, 0.05) is 37.8 Å². The van der Waals surface area contributed by atoms with Crippen LogP contribution in [-0.4, -0.2) is 79.3 Å². The van der Waals surface area contributed by atoms with Crippen LogP contribution in [0.2, 0.25) is 0 Å². The standard InChI is InChI=1S/C19H22N4O6/c1-27-14-10-12(11-15(28-2)17(14)29-3)18(25)22-6-8-23(9-7-22)19(26)13-4-5-16(24)21-20-13/h4-5,10-11H,6-9H2,1-3H3,(H,21,24). The summed E-state index contributed by atoms with van der Waals surface area (Å²) in [6.45, 7) is 1.45. The molecule has 29 heavy (non-hydrogen) atoms. The van der Waals surface area contributed by atoms with Crippen molar-refractivity contribution in [3.8, 4) is 17.2 Å². The second-order valence-electron chi connectivity index (χ2n) is 6.30. The number of hydrogen-bond donors (Lipinski definition) is 1. The molecule has 1 saturated heterocycles. The van der Waals surface area contributed by atoms with E-state index in [9.17, 15) is 14.4 Å². The molecule has 3 rings (SSSR count). The highest BCUT2D eigenvalue weighted by Crippen LogP contribution is 2.38. The zero-order valence-corrected chi connectivity index (χ0v) is 16.4. The third-order valence-corrected chi connectivity index (χ3v) is 4.66. The highest BCUT2D eigenvalue weighted by atomic mass is 16.5. The summed E-state index contributed by atoms with van der Waals surface area (Å²) in [6, 6.07) is 5.84. The highest BCUT2D eigenvalue weighted by molar-refractivity contribution is 5.96. The van der Waals surface area contributed by atoms with Gasteiger partial charge in [-0.1, -0.05) is 0 Å². The van der Waals surface area contributed by atoms with Crippen LogP contribution in [0.4, 0.5) is 0 Å². The van der Waals surface area contributed by atoms with Crippen molar-refractivity contribution in [1.82, 2.24) is 20.0 Å². The summed E-state index contributed by atoms with van der Waals surface area (Å²) in [5.41, 5.74) is 0.192. The molecule has 1 aliphatic rings. The SMILES string of the molecule is COc1cc(C(=O)N2CCN(C(=O)c3ccc(=O)[nH]n3)CC2)cc(OC)c1OC. The first kappa shape index (κ1) is 20.2. The Kier molecular flexibility index (Phi) is 6.01. The number of ether oxygens (including phenoxy) is 3. The summed E-state index contributed by atoms with van der Waals surface area (Å²) in [6.07, 6.45) is 0. The molecule has 154 valence electrons. The number of methoxy groups -OCH3 is 3. The number of amides is 2. The van der Waals surface area contributed by atoms with E-state index < -0.39 is 0 Å². The van der Waals surface area contributed by atoms with E-state index in [1.54, 1.807) is 21.9 Å². The number of nitrogens with zero attached hydrogens (tertiary/aromatic N) is 3. The number of benzene rings is 1. The van der Waals surface area contributed by atoms with Gasteiger partial charge in [0.25, 0.3) is 17.4 Å². The second kappa shape index (κ2) is 8.63. The van der Waals surface area contributed by atoms with Gasteiger partial charge in [0.05, 0.1) is 21.3 Å². The van der Waals surface area contributed by atoms with Gasteiger partial charge in [-0.3, -0.25) is 14.4 Å². The van der Waals surface area contributed by atoms with Crippen molar-refractivity contribution in [2.24, 2.45) is 0 Å². The van der Waals surface area contributed by atoms with Crippen molar-refractivity contribution in [3.63, 3.8) is 0 Å². The monoisotopic (exact) mass is 402 g/mol. The third kappa shape index (κ3) is 4.15. The minimum atomic E-state index is -0.373. The normalized spacial score (nSPS) is 13.8. The number of hydrogen-bond acceptors (Lipinski definition) is 7. The van der Waals surface area contributed by atoms with Crippen LogP contribution in [-0.2, 0) is 0 Å². The number of H-pyrrole nitrogens is 1. The molecule has 0 spiro atoms. The summed E-state index contributed by atoms with van der Waals surface area (Å²) < 4.78 is 15.9. The van der Waals surface area contributed by atoms with Crippen molar-refractivity contribution in [3.05, 3.63) is 45.9 Å². The molecule has 2 heterocycles. The summed E-state index contributed by atoms with van der Waals surface area (Å²) in [5, 5.41) is 6.01. The van der Waals surface area contributed by atoms with Gasteiger partial charge in [-0.15, -0.1) is 0 Å². The number of piperazine rings is 1. The van der Waals surface area contributed by atoms with Gasteiger partial charge in [0.1, 0.15) is 5.69 Å². The molecule has 0 radical (unpaired) electrons. The quantitative estimate of drug-likeness (QED) is 0.770. The number of carbonyl (C=O) groups is 2. The highest BCUT2D eigenvalue weighted by Gasteiger charge is 2.27. The maximum atomic E-state index is 12.9. The van der Waals surface area contributed by atoms with Gasteiger partial charge in [-0.2, -0.15) is 5.10 Å². The topological polar surface area (TPSA) is 114 Å². The summed E-state index contributed by atoms with van der Waals surface area (Å²) >= 11 is 0. The Hall–Kier alpha value is -3.56. The molecule has 1 aromatic heterocycles. The average molecular weight is 402 g/mol. The van der Waals surface area contributed by atoms with Gasteiger partial charge in [0.2, 0.25) is 5.75 Å². The first-order valence-electron chi connectivity index (χ1n) is 8.92. The van der Waals surface area contributed by atoms with Gasteiger partial charge < -0.3 is 24.0 Å². The van der Waals surface area contributed by atoms with E-state index in [0.717, 1.165) is 0 Å². The Morgan fingerprint density at radius 2 is 1.45 bits per heavy atom. The predicted molar refractivity (Wildman–Crippen MR) is 103 cm³/mol. The minimum Gasteiger partial charge on any atom is -0.493 e. The summed E-state index contributed by atoms with van der Waals surface area (Å²) in [7, 11) is 4.47. The third-order valence-electron chi connectivity index (χ3n) is 4.66. The van der Waals surface area contributed by atoms with Crippen molar-refractivity contribution in [1.29, 1.82) is 0 Å². The van der Waals surface area contributed by atoms with Crippen molar-refractivity contribution in [2.45, 2.75) is 0 Å². The Balaban J connectivity index is 1.71. The van der Waals surface area contributed by atoms with Crippen LogP contribution in [0.1, 0.15) is 20.8 Å². The predicted octanol–water partition coefficient (Wildman–Crippen LogP) is 0.394. The first-order valence-corrected chi connectivity index (χ1v) is 8.92. The second-order valence-corrected chi connectivity index (χ2v) is 6.30. The zero-order chi connectivity index (χ0) is 21.0. The Bertz CT molecular complexity index is 920. The van der Waals surface area contributed by atoms with E-state index in [1.165, 1.54) is 33.5 Å². The molecule has 0 bridgehead atoms. The maximum Gasteiger partial charge on any atom is 0.274 e. The molecule has 1 fully saturated rings. The molecule has 0 unspecified atom stereocenters. The number of rotatable bonds is 5. The molecule has 1 N–H and O–H groups in total. The van der Waals surface area contributed by atoms with Crippen molar-refractivity contribution in [2.75, 3.05) is 47.5 Å². The van der Waals surface area contributed by atoms with E-state index >= 15 is 0 Å². The van der Waals surface area contributed by atoms with Crippen LogP contribution in [0.3, 0.4) is 0 Å². The van der Waals surface area contributed by atoms with E-state index in [1.807, 2.05) is 0 Å². The van der Waals surface area contributed by atoms with E-state index in [2.05, 4.69) is 10.2 Å². The molecule has 0 aliphatic carbocycles. The molecular formula is C19H22N4O6. The van der Waals surface area contributed by atoms with Crippen LogP contribution < -0.4 is 19.8 Å². The number of aromatic amines is 1. The lowest BCUT2D eigenvalue weighted by Gasteiger charge is -2.34. The fourth-order valence-electron chi connectivity index (χ4n) is 3.13. The molecule has 0 atom stereocenters. The molecule has 1 aliphatic heterocycles. The van der Waals surface area contributed by atoms with Gasteiger partial charge in [0.15, 0.2) is 11.5 Å². The molecule has 2 aromatic rings. The first-order chi connectivity index (χ1) is 14.0. The Morgan fingerprint density at radius 1 is 0.897 bits per heavy atom. The lowest BCUT2D eigenvalue weighted by molar-refractivity contribution is 0.0531. The molecular weight excluding hydrogens is 380 g/mol. The molecule has 10 heteroatoms. The zero-order valence-electron chi connectivity index (χ0n) is 16.4. The Labute approximate surface area is 167 Å². The van der Waals surface area contributed by atoms with Crippen molar-refractivity contribution < 1.29 is 23.8 Å². The van der Waals surface area contributed by atoms with E-state index in [0.29, 0.717) is 49.0 Å². The molecule has 1 aromatic carbocycles. The fraction of sp³-hybridized carbons (Fsp3) is 0.368. The van der Waals surface area contributed by atoms with Gasteiger partial charge in [-0.25, -0.2) is 5.10 Å². The summed E-state index contributed by atoms with van der Waals surface area (Å²) in [4.78, 5) is 39.8. The molecule has 2 amide bonds.